The van der Waals surface area contributed by atoms with Crippen LogP contribution in [0.2, 0.25) is 0 Å². The lowest BCUT2D eigenvalue weighted by molar-refractivity contribution is -0.128. The Balaban J connectivity index is 2.39. The largest absolute Gasteiger partial charge is 0.395 e. The third-order valence-corrected chi connectivity index (χ3v) is 4.67. The fourth-order valence-corrected chi connectivity index (χ4v) is 4.24. The number of aliphatic hydroxyl groups is 1. The Bertz CT molecular complexity index is 169. The van der Waals surface area contributed by atoms with Crippen LogP contribution >= 0.6 is 21.6 Å². The summed E-state index contributed by atoms with van der Waals surface area (Å²) >= 11 is 0. The van der Waals surface area contributed by atoms with Crippen molar-refractivity contribution in [2.24, 2.45) is 5.41 Å². The van der Waals surface area contributed by atoms with Crippen LogP contribution in [0.1, 0.15) is 6.92 Å². The van der Waals surface area contributed by atoms with Gasteiger partial charge in [0.2, 0.25) is 5.91 Å². The van der Waals surface area contributed by atoms with E-state index in [1.807, 2.05) is 6.92 Å². The zero-order valence-electron chi connectivity index (χ0n) is 7.00. The fourth-order valence-electron chi connectivity index (χ4n) is 0.899. The van der Waals surface area contributed by atoms with Crippen molar-refractivity contribution in [2.45, 2.75) is 6.92 Å². The molecule has 5 heteroatoms. The zero-order chi connectivity index (χ0) is 9.03. The van der Waals surface area contributed by atoms with E-state index in [1.54, 1.807) is 21.6 Å². The van der Waals surface area contributed by atoms with Gasteiger partial charge in [-0.2, -0.15) is 0 Å². The van der Waals surface area contributed by atoms with E-state index < -0.39 is 0 Å². The molecule has 0 atom stereocenters. The van der Waals surface area contributed by atoms with Gasteiger partial charge in [0.25, 0.3) is 0 Å². The quantitative estimate of drug-likeness (QED) is 0.662. The number of nitrogens with one attached hydrogen (secondary N) is 1. The molecule has 1 fully saturated rings. The van der Waals surface area contributed by atoms with Gasteiger partial charge in [-0.3, -0.25) is 4.79 Å². The molecule has 0 aromatic carbocycles. The van der Waals surface area contributed by atoms with Crippen molar-refractivity contribution in [3.8, 4) is 0 Å². The molecule has 0 saturated carbocycles. The van der Waals surface area contributed by atoms with Crippen LogP contribution in [0.4, 0.5) is 0 Å². The van der Waals surface area contributed by atoms with Crippen molar-refractivity contribution in [2.75, 3.05) is 24.7 Å². The third-order valence-electron chi connectivity index (χ3n) is 1.78. The summed E-state index contributed by atoms with van der Waals surface area (Å²) in [5, 5.41) is 11.2. The van der Waals surface area contributed by atoms with Gasteiger partial charge in [0.1, 0.15) is 0 Å². The van der Waals surface area contributed by atoms with E-state index in [-0.39, 0.29) is 17.9 Å². The standard InChI is InChI=1S/C7H13NO2S2/c1-7(4-11-12-5-7)6(10)8-2-3-9/h9H,2-5H2,1H3,(H,8,10). The maximum Gasteiger partial charge on any atom is 0.227 e. The smallest absolute Gasteiger partial charge is 0.227 e. The second-order valence-electron chi connectivity index (χ2n) is 3.06. The van der Waals surface area contributed by atoms with Gasteiger partial charge < -0.3 is 10.4 Å². The molecule has 2 N–H and O–H groups in total. The minimum Gasteiger partial charge on any atom is -0.395 e. The van der Waals surface area contributed by atoms with Crippen LogP contribution in [0.15, 0.2) is 0 Å². The SMILES string of the molecule is CC1(C(=O)NCCO)CSSC1. The molecule has 1 aliphatic heterocycles. The van der Waals surface area contributed by atoms with Crippen LogP contribution in [0.25, 0.3) is 0 Å². The Morgan fingerprint density at radius 3 is 2.67 bits per heavy atom. The molecular weight excluding hydrogens is 194 g/mol. The van der Waals surface area contributed by atoms with E-state index in [0.29, 0.717) is 6.54 Å². The molecule has 1 aliphatic rings. The first-order valence-corrected chi connectivity index (χ1v) is 6.31. The summed E-state index contributed by atoms with van der Waals surface area (Å²) in [6, 6.07) is 0. The summed E-state index contributed by atoms with van der Waals surface area (Å²) in [4.78, 5) is 11.5. The van der Waals surface area contributed by atoms with Gasteiger partial charge in [0.15, 0.2) is 0 Å². The van der Waals surface area contributed by atoms with Crippen molar-refractivity contribution in [1.82, 2.24) is 5.32 Å². The maximum atomic E-state index is 11.5. The summed E-state index contributed by atoms with van der Waals surface area (Å²) in [7, 11) is 3.47. The topological polar surface area (TPSA) is 49.3 Å². The highest BCUT2D eigenvalue weighted by molar-refractivity contribution is 8.77. The van der Waals surface area contributed by atoms with Crippen LogP contribution in [-0.4, -0.2) is 35.7 Å². The Morgan fingerprint density at radius 1 is 1.58 bits per heavy atom. The van der Waals surface area contributed by atoms with Gasteiger partial charge in [-0.15, -0.1) is 0 Å². The average molecular weight is 207 g/mol. The van der Waals surface area contributed by atoms with Gasteiger partial charge >= 0.3 is 0 Å². The van der Waals surface area contributed by atoms with Crippen LogP contribution in [0, 0.1) is 5.41 Å². The lowest BCUT2D eigenvalue weighted by Gasteiger charge is -2.19. The number of aliphatic hydroxyl groups excluding tert-OH is 1. The fraction of sp³-hybridized carbons (Fsp3) is 0.857. The number of rotatable bonds is 3. The summed E-state index contributed by atoms with van der Waals surface area (Å²) in [6.07, 6.45) is 0. The zero-order valence-corrected chi connectivity index (χ0v) is 8.63. The molecule has 1 rings (SSSR count). The first-order chi connectivity index (χ1) is 5.69. The summed E-state index contributed by atoms with van der Waals surface area (Å²) in [5.41, 5.74) is -0.232. The second-order valence-corrected chi connectivity index (χ2v) is 5.53. The highest BCUT2D eigenvalue weighted by atomic mass is 33.1. The summed E-state index contributed by atoms with van der Waals surface area (Å²) in [5.74, 6) is 1.80. The number of carbonyl (C=O) groups excluding carboxylic acids is 1. The van der Waals surface area contributed by atoms with E-state index in [4.69, 9.17) is 5.11 Å². The Labute approximate surface area is 80.1 Å². The maximum absolute atomic E-state index is 11.5. The third kappa shape index (κ3) is 2.31. The highest BCUT2D eigenvalue weighted by Gasteiger charge is 2.37. The van der Waals surface area contributed by atoms with Gasteiger partial charge in [-0.05, 0) is 6.92 Å². The van der Waals surface area contributed by atoms with Gasteiger partial charge in [-0.1, -0.05) is 21.6 Å². The predicted molar refractivity (Wildman–Crippen MR) is 53.1 cm³/mol. The minimum atomic E-state index is -0.232. The molecule has 1 saturated heterocycles. The first kappa shape index (κ1) is 10.2. The molecular formula is C7H13NO2S2. The molecule has 0 unspecified atom stereocenters. The Morgan fingerprint density at radius 2 is 2.17 bits per heavy atom. The van der Waals surface area contributed by atoms with Crippen molar-refractivity contribution < 1.29 is 9.90 Å². The molecule has 0 aromatic rings. The van der Waals surface area contributed by atoms with Crippen LogP contribution < -0.4 is 5.32 Å². The molecule has 0 bridgehead atoms. The molecule has 0 aliphatic carbocycles. The second kappa shape index (κ2) is 4.39. The molecule has 0 aromatic heterocycles. The van der Waals surface area contributed by atoms with Gasteiger partial charge in [-0.25, -0.2) is 0 Å². The van der Waals surface area contributed by atoms with Crippen molar-refractivity contribution in [1.29, 1.82) is 0 Å². The van der Waals surface area contributed by atoms with Gasteiger partial charge in [0, 0.05) is 18.1 Å². The molecule has 1 amide bonds. The monoisotopic (exact) mass is 207 g/mol. The van der Waals surface area contributed by atoms with Gasteiger partial charge in [0.05, 0.1) is 12.0 Å². The Hall–Kier alpha value is 0.130. The number of amides is 1. The van der Waals surface area contributed by atoms with E-state index in [0.717, 1.165) is 11.5 Å². The summed E-state index contributed by atoms with van der Waals surface area (Å²) in [6.45, 7) is 2.35. The molecule has 0 spiro atoms. The van der Waals surface area contributed by atoms with Crippen molar-refractivity contribution in [3.63, 3.8) is 0 Å². The molecule has 12 heavy (non-hydrogen) atoms. The molecule has 70 valence electrons. The number of carbonyl (C=O) groups is 1. The predicted octanol–water partition coefficient (Wildman–Crippen LogP) is 0.496. The average Bonchev–Trinajstić information content (AvgIpc) is 2.49. The lowest BCUT2D eigenvalue weighted by Crippen LogP contribution is -2.41. The van der Waals surface area contributed by atoms with Crippen molar-refractivity contribution >= 4 is 27.5 Å². The van der Waals surface area contributed by atoms with E-state index in [2.05, 4.69) is 5.32 Å². The van der Waals surface area contributed by atoms with E-state index >= 15 is 0 Å². The normalized spacial score (nSPS) is 20.8. The molecule has 1 heterocycles. The van der Waals surface area contributed by atoms with E-state index in [9.17, 15) is 4.79 Å². The minimum absolute atomic E-state index is 0.0160. The molecule has 3 nitrogen and oxygen atoms in total. The van der Waals surface area contributed by atoms with Crippen molar-refractivity contribution in [3.05, 3.63) is 0 Å². The highest BCUT2D eigenvalue weighted by Crippen LogP contribution is 2.42. The van der Waals surface area contributed by atoms with Crippen LogP contribution in [0.5, 0.6) is 0 Å². The lowest BCUT2D eigenvalue weighted by atomic mass is 9.95. The molecule has 0 radical (unpaired) electrons. The summed E-state index contributed by atoms with van der Waals surface area (Å²) < 4.78 is 0. The number of hydrogen-bond donors (Lipinski definition) is 2. The first-order valence-electron chi connectivity index (χ1n) is 3.83. The van der Waals surface area contributed by atoms with E-state index in [1.165, 1.54) is 0 Å². The number of hydrogen-bond acceptors (Lipinski definition) is 4. The van der Waals surface area contributed by atoms with Crippen LogP contribution in [-0.2, 0) is 4.79 Å². The Kier molecular flexibility index (Phi) is 3.74. The van der Waals surface area contributed by atoms with Crippen LogP contribution in [0.3, 0.4) is 0 Å².